The minimum atomic E-state index is -1.18. The van der Waals surface area contributed by atoms with Crippen LogP contribution >= 0.6 is 0 Å². The molecule has 3 unspecified atom stereocenters. The Kier molecular flexibility index (Phi) is 6.57. The fourth-order valence-electron chi connectivity index (χ4n) is 6.03. The number of alkyl halides is 1. The van der Waals surface area contributed by atoms with Crippen molar-refractivity contribution in [2.75, 3.05) is 17.2 Å². The molecule has 3 aliphatic rings. The van der Waals surface area contributed by atoms with E-state index in [0.29, 0.717) is 22.7 Å². The smallest absolute Gasteiger partial charge is 0.265 e. The second-order valence-corrected chi connectivity index (χ2v) is 11.1. The number of rotatable bonds is 7. The first-order valence-electron chi connectivity index (χ1n) is 14.1. The van der Waals surface area contributed by atoms with E-state index in [2.05, 4.69) is 20.8 Å². The van der Waals surface area contributed by atoms with Gasteiger partial charge in [-0.3, -0.25) is 14.4 Å². The van der Waals surface area contributed by atoms with E-state index in [1.54, 1.807) is 53.2 Å². The van der Waals surface area contributed by atoms with Crippen LogP contribution in [0.1, 0.15) is 30.6 Å². The number of aromatic nitrogens is 3. The lowest BCUT2D eigenvalue weighted by Crippen LogP contribution is -2.41. The van der Waals surface area contributed by atoms with Crippen LogP contribution in [0.15, 0.2) is 61.1 Å². The molecule has 2 saturated heterocycles. The maximum atomic E-state index is 14.7. The number of halogens is 1. The zero-order valence-corrected chi connectivity index (χ0v) is 23.5. The van der Waals surface area contributed by atoms with Gasteiger partial charge in [0, 0.05) is 34.6 Å². The molecule has 2 fully saturated rings. The highest BCUT2D eigenvalue weighted by Crippen LogP contribution is 2.41. The number of ether oxygens (including phenoxy) is 2. The summed E-state index contributed by atoms with van der Waals surface area (Å²) in [5.74, 6) is -0.0905. The number of ketones is 1. The van der Waals surface area contributed by atoms with E-state index < -0.39 is 30.6 Å². The van der Waals surface area contributed by atoms with Gasteiger partial charge in [0.1, 0.15) is 30.3 Å². The molecule has 0 spiro atoms. The number of hydrogen-bond donors (Lipinski definition) is 2. The second kappa shape index (κ2) is 10.5. The van der Waals surface area contributed by atoms with Crippen LogP contribution in [0.4, 0.5) is 15.8 Å². The van der Waals surface area contributed by atoms with E-state index in [4.69, 9.17) is 9.47 Å². The second-order valence-electron chi connectivity index (χ2n) is 11.1. The summed E-state index contributed by atoms with van der Waals surface area (Å²) in [7, 11) is 0. The molecule has 2 aromatic heterocycles. The Morgan fingerprint density at radius 2 is 2.02 bits per heavy atom. The third-order valence-corrected chi connectivity index (χ3v) is 8.25. The Morgan fingerprint density at radius 3 is 2.81 bits per heavy atom. The Labute approximate surface area is 246 Å². The molecule has 0 bridgehead atoms. The predicted octanol–water partition coefficient (Wildman–Crippen LogP) is 3.80. The molecular weight excluding hydrogens is 555 g/mol. The topological polar surface area (TPSA) is 131 Å². The van der Waals surface area contributed by atoms with Crippen molar-refractivity contribution in [2.45, 2.75) is 57.5 Å². The van der Waals surface area contributed by atoms with Gasteiger partial charge in [0.2, 0.25) is 5.91 Å². The fraction of sp³-hybridized carbons (Fsp3) is 0.323. The van der Waals surface area contributed by atoms with Gasteiger partial charge in [0.25, 0.3) is 5.91 Å². The van der Waals surface area contributed by atoms with Crippen molar-refractivity contribution in [3.05, 3.63) is 66.6 Å². The van der Waals surface area contributed by atoms with Crippen molar-refractivity contribution in [3.63, 3.8) is 0 Å². The number of anilines is 2. The number of fused-ring (bicyclic) bond motifs is 2. The van der Waals surface area contributed by atoms with Crippen LogP contribution in [-0.2, 0) is 20.9 Å². The number of likely N-dealkylation sites (tertiary alicyclic amines) is 1. The van der Waals surface area contributed by atoms with E-state index in [1.807, 2.05) is 24.3 Å². The number of nitrogens with one attached hydrogen (secondary N) is 2. The molecule has 3 aliphatic heterocycles. The number of hydrogen-bond acceptors (Lipinski definition) is 8. The van der Waals surface area contributed by atoms with E-state index in [1.165, 1.54) is 6.92 Å². The lowest BCUT2D eigenvalue weighted by atomic mass is 10.0. The van der Waals surface area contributed by atoms with Gasteiger partial charge in [0.05, 0.1) is 30.7 Å². The first-order valence-corrected chi connectivity index (χ1v) is 14.1. The van der Waals surface area contributed by atoms with Gasteiger partial charge < -0.3 is 29.6 Å². The molecular formula is C31H29FN6O5. The van der Waals surface area contributed by atoms with Crippen molar-refractivity contribution in [1.82, 2.24) is 19.7 Å². The van der Waals surface area contributed by atoms with Crippen LogP contribution in [0, 0.1) is 0 Å². The van der Waals surface area contributed by atoms with Crippen LogP contribution in [-0.4, -0.2) is 74.5 Å². The maximum absolute atomic E-state index is 14.7. The van der Waals surface area contributed by atoms with Gasteiger partial charge in [-0.05, 0) is 49.7 Å². The van der Waals surface area contributed by atoms with Crippen LogP contribution in [0.5, 0.6) is 5.75 Å². The number of nitrogens with zero attached hydrogens (tertiary/aromatic N) is 4. The van der Waals surface area contributed by atoms with Gasteiger partial charge >= 0.3 is 0 Å². The third-order valence-electron chi connectivity index (χ3n) is 8.25. The lowest BCUT2D eigenvalue weighted by Gasteiger charge is -2.25. The summed E-state index contributed by atoms with van der Waals surface area (Å²) in [6, 6.07) is 12.4. The first kappa shape index (κ1) is 27.0. The first-order chi connectivity index (χ1) is 20.8. The Morgan fingerprint density at radius 1 is 1.16 bits per heavy atom. The van der Waals surface area contributed by atoms with E-state index in [-0.39, 0.29) is 37.1 Å². The molecule has 7 rings (SSSR count). The highest BCUT2D eigenvalue weighted by atomic mass is 19.1. The molecule has 12 heteroatoms. The van der Waals surface area contributed by atoms with Gasteiger partial charge in [-0.25, -0.2) is 4.39 Å². The number of Topliss-reactive ketones (excluding diaryl/α,β-unsaturated/α-hetero) is 1. The Balaban J connectivity index is 1.09. The fourth-order valence-corrected chi connectivity index (χ4v) is 6.03. The molecule has 0 saturated carbocycles. The molecule has 4 aromatic rings. The summed E-state index contributed by atoms with van der Waals surface area (Å²) >= 11 is 0. The molecule has 43 heavy (non-hydrogen) atoms. The molecule has 0 radical (unpaired) electrons. The van der Waals surface area contributed by atoms with Crippen molar-refractivity contribution >= 4 is 39.9 Å². The minimum absolute atomic E-state index is 0.0312. The van der Waals surface area contributed by atoms with Crippen LogP contribution < -0.4 is 15.4 Å². The Bertz CT molecular complexity index is 1760. The monoisotopic (exact) mass is 584 g/mol. The van der Waals surface area contributed by atoms with Crippen LogP contribution in [0.25, 0.3) is 22.0 Å². The summed E-state index contributed by atoms with van der Waals surface area (Å²) in [5, 5.41) is 14.6. The van der Waals surface area contributed by atoms with Gasteiger partial charge in [-0.2, -0.15) is 10.2 Å². The average Bonchev–Trinajstić information content (AvgIpc) is 3.50. The van der Waals surface area contributed by atoms with Crippen molar-refractivity contribution in [3.8, 4) is 16.9 Å². The van der Waals surface area contributed by atoms with Gasteiger partial charge in [-0.1, -0.05) is 12.1 Å². The molecule has 0 aliphatic carbocycles. The highest BCUT2D eigenvalue weighted by molar-refractivity contribution is 6.08. The van der Waals surface area contributed by atoms with Crippen LogP contribution in [0.3, 0.4) is 0 Å². The van der Waals surface area contributed by atoms with Crippen molar-refractivity contribution in [2.24, 2.45) is 0 Å². The van der Waals surface area contributed by atoms with Crippen LogP contribution in [0.2, 0.25) is 0 Å². The number of benzene rings is 2. The molecule has 220 valence electrons. The molecule has 2 N–H and O–H groups in total. The Hall–Kier alpha value is -4.84. The lowest BCUT2D eigenvalue weighted by molar-refractivity contribution is -0.133. The highest BCUT2D eigenvalue weighted by Gasteiger charge is 2.52. The quantitative estimate of drug-likeness (QED) is 0.248. The van der Waals surface area contributed by atoms with Gasteiger partial charge in [-0.15, -0.1) is 0 Å². The van der Waals surface area contributed by atoms with E-state index in [9.17, 15) is 18.8 Å². The summed E-state index contributed by atoms with van der Waals surface area (Å²) in [6.45, 7) is 3.08. The summed E-state index contributed by atoms with van der Waals surface area (Å²) in [5.41, 5.74) is 4.10. The maximum Gasteiger partial charge on any atom is 0.265 e. The number of amides is 2. The van der Waals surface area contributed by atoms with Crippen molar-refractivity contribution in [1.29, 1.82) is 0 Å². The van der Waals surface area contributed by atoms with E-state index in [0.717, 1.165) is 22.0 Å². The molecule has 2 aromatic carbocycles. The molecule has 2 amide bonds. The van der Waals surface area contributed by atoms with Crippen molar-refractivity contribution < 1.29 is 28.2 Å². The minimum Gasteiger partial charge on any atom is -0.479 e. The SMILES string of the molecule is CC(=O)c1cn(CC(=O)N2C[C@H](F)C[C@H]2C2OC2Nc2cccc3c2NC(=O)C(C)O3)c2ccc(-c3ccnnc3)cc12. The molecule has 11 nitrogen and oxygen atoms in total. The number of carbonyl (C=O) groups is 3. The standard InChI is InChI=1S/C31H29FN6O5/c1-16(39)22-14-37(24-7-6-18(10-21(22)24)19-8-9-33-34-12-19)15-27(40)38-13-20(32)11-25(38)29-31(43-29)35-23-4-3-5-26-28(23)36-30(41)17(2)42-26/h3-10,12,14,17,20,25,29,31,35H,11,13,15H2,1-2H3,(H,36,41)/t17?,20-,25+,29?,31?/m1/s1. The summed E-state index contributed by atoms with van der Waals surface area (Å²) < 4.78 is 28.1. The predicted molar refractivity (Wildman–Crippen MR) is 155 cm³/mol. The number of carbonyl (C=O) groups excluding carboxylic acids is 3. The van der Waals surface area contributed by atoms with Gasteiger partial charge in [0.15, 0.2) is 18.1 Å². The third kappa shape index (κ3) is 4.97. The number of epoxide rings is 1. The largest absolute Gasteiger partial charge is 0.479 e. The molecule has 5 heterocycles. The van der Waals surface area contributed by atoms with E-state index >= 15 is 0 Å². The normalized spacial score (nSPS) is 24.3. The number of para-hydroxylation sites is 1. The summed E-state index contributed by atoms with van der Waals surface area (Å²) in [4.78, 5) is 39.9. The zero-order chi connectivity index (χ0) is 29.8. The zero-order valence-electron chi connectivity index (χ0n) is 23.5. The summed E-state index contributed by atoms with van der Waals surface area (Å²) in [6.07, 6.45) is 2.42. The molecule has 5 atom stereocenters. The average molecular weight is 585 g/mol.